The van der Waals surface area contributed by atoms with Crippen LogP contribution < -0.4 is 21.7 Å². The molecule has 0 aliphatic heterocycles. The van der Waals surface area contributed by atoms with Crippen LogP contribution in [-0.2, 0) is 4.79 Å². The Hall–Kier alpha value is -3.59. The van der Waals surface area contributed by atoms with E-state index in [1.54, 1.807) is 24.3 Å². The predicted octanol–water partition coefficient (Wildman–Crippen LogP) is 4.29. The van der Waals surface area contributed by atoms with Crippen LogP contribution in [0.4, 0.5) is 25.4 Å². The molecule has 1 aliphatic rings. The first-order valence-corrected chi connectivity index (χ1v) is 10.4. The van der Waals surface area contributed by atoms with Crippen molar-refractivity contribution in [3.63, 3.8) is 0 Å². The van der Waals surface area contributed by atoms with Gasteiger partial charge in [0.05, 0.1) is 21.9 Å². The molecule has 1 fully saturated rings. The molecule has 2 aromatic carbocycles. The minimum atomic E-state index is -0.884. The number of carbonyl (C=O) groups is 3. The van der Waals surface area contributed by atoms with Crippen LogP contribution in [-0.4, -0.2) is 28.6 Å². The molecule has 0 bridgehead atoms. The summed E-state index contributed by atoms with van der Waals surface area (Å²) in [6, 6.07) is 9.03. The number of hydrogen-bond acceptors (Lipinski definition) is 3. The van der Waals surface area contributed by atoms with Gasteiger partial charge >= 0.3 is 12.1 Å². The summed E-state index contributed by atoms with van der Waals surface area (Å²) in [5, 5.41) is 8.32. The number of nitrogens with zero attached hydrogens (tertiary/aromatic N) is 1. The van der Waals surface area contributed by atoms with Crippen LogP contribution >= 0.6 is 11.6 Å². The molecule has 166 valence electrons. The van der Waals surface area contributed by atoms with E-state index in [-0.39, 0.29) is 10.7 Å². The summed E-state index contributed by atoms with van der Waals surface area (Å²) < 4.78 is 15.4. The molecular formula is C22H21ClFN5O3. The summed E-state index contributed by atoms with van der Waals surface area (Å²) in [7, 11) is 0. The van der Waals surface area contributed by atoms with Crippen molar-refractivity contribution in [1.29, 1.82) is 0 Å². The molecule has 0 spiro atoms. The van der Waals surface area contributed by atoms with Gasteiger partial charge in [0.15, 0.2) is 5.82 Å². The number of nitrogens with one attached hydrogen (secondary N) is 3. The number of amides is 4. The third kappa shape index (κ3) is 4.67. The monoisotopic (exact) mass is 457 g/mol. The van der Waals surface area contributed by atoms with E-state index >= 15 is 0 Å². The van der Waals surface area contributed by atoms with Crippen molar-refractivity contribution in [1.82, 2.24) is 9.88 Å². The van der Waals surface area contributed by atoms with Gasteiger partial charge in [0.2, 0.25) is 5.91 Å². The second-order valence-corrected chi connectivity index (χ2v) is 8.10. The van der Waals surface area contributed by atoms with Crippen molar-refractivity contribution in [3.8, 4) is 0 Å². The van der Waals surface area contributed by atoms with Gasteiger partial charge < -0.3 is 21.7 Å². The fourth-order valence-electron chi connectivity index (χ4n) is 3.52. The largest absolute Gasteiger partial charge is 0.351 e. The average Bonchev–Trinajstić information content (AvgIpc) is 3.50. The Bertz CT molecular complexity index is 1210. The highest BCUT2D eigenvalue weighted by molar-refractivity contribution is 6.31. The van der Waals surface area contributed by atoms with E-state index in [1.807, 2.05) is 0 Å². The number of anilines is 2. The number of benzene rings is 2. The van der Waals surface area contributed by atoms with Crippen molar-refractivity contribution in [2.75, 3.05) is 10.6 Å². The molecule has 1 saturated carbocycles. The maximum atomic E-state index is 14.2. The smallest absolute Gasteiger partial charge is 0.323 e. The molecule has 8 nitrogen and oxygen atoms in total. The normalized spacial score (nSPS) is 14.1. The summed E-state index contributed by atoms with van der Waals surface area (Å²) >= 11 is 5.78. The Labute approximate surface area is 187 Å². The molecule has 10 heteroatoms. The van der Waals surface area contributed by atoms with E-state index in [4.69, 9.17) is 17.3 Å². The fraction of sp³-hybridized carbons (Fsp3) is 0.227. The predicted molar refractivity (Wildman–Crippen MR) is 120 cm³/mol. The van der Waals surface area contributed by atoms with Gasteiger partial charge in [-0.05, 0) is 30.5 Å². The van der Waals surface area contributed by atoms with Gasteiger partial charge in [-0.15, -0.1) is 0 Å². The van der Waals surface area contributed by atoms with Crippen LogP contribution in [0.2, 0.25) is 5.02 Å². The van der Waals surface area contributed by atoms with Crippen molar-refractivity contribution >= 4 is 51.8 Å². The number of para-hydroxylation sites is 1. The van der Waals surface area contributed by atoms with Gasteiger partial charge in [-0.1, -0.05) is 48.7 Å². The number of halogens is 2. The molecule has 4 amide bonds. The van der Waals surface area contributed by atoms with E-state index in [0.717, 1.165) is 12.8 Å². The summed E-state index contributed by atoms with van der Waals surface area (Å²) in [6.07, 6.45) is 3.77. The molecular weight excluding hydrogens is 437 g/mol. The SMILES string of the molecule is NC(=O)n1cc(NC(=O)N[C@@H](CC2CC2)C(=O)Nc2cccc(Cl)c2F)c2ccccc21. The zero-order valence-electron chi connectivity index (χ0n) is 16.9. The lowest BCUT2D eigenvalue weighted by Gasteiger charge is -2.19. The van der Waals surface area contributed by atoms with E-state index in [9.17, 15) is 18.8 Å². The van der Waals surface area contributed by atoms with E-state index < -0.39 is 29.8 Å². The molecule has 0 saturated heterocycles. The van der Waals surface area contributed by atoms with Crippen LogP contribution in [0.3, 0.4) is 0 Å². The van der Waals surface area contributed by atoms with Crippen LogP contribution in [0.15, 0.2) is 48.7 Å². The van der Waals surface area contributed by atoms with Crippen LogP contribution in [0.25, 0.3) is 10.9 Å². The maximum Gasteiger partial charge on any atom is 0.323 e. The number of aromatic nitrogens is 1. The van der Waals surface area contributed by atoms with Crippen molar-refractivity contribution < 1.29 is 18.8 Å². The van der Waals surface area contributed by atoms with Crippen molar-refractivity contribution in [2.24, 2.45) is 11.7 Å². The summed E-state index contributed by atoms with van der Waals surface area (Å²) in [5.74, 6) is -0.976. The molecule has 0 unspecified atom stereocenters. The minimum absolute atomic E-state index is 0.0602. The lowest BCUT2D eigenvalue weighted by molar-refractivity contribution is -0.118. The summed E-state index contributed by atoms with van der Waals surface area (Å²) in [5.41, 5.74) is 6.25. The summed E-state index contributed by atoms with van der Waals surface area (Å²) in [4.78, 5) is 37.2. The van der Waals surface area contributed by atoms with Crippen LogP contribution in [0.1, 0.15) is 19.3 Å². The van der Waals surface area contributed by atoms with Gasteiger partial charge in [0, 0.05) is 11.6 Å². The first-order chi connectivity index (χ1) is 15.3. The van der Waals surface area contributed by atoms with Gasteiger partial charge in [-0.3, -0.25) is 9.36 Å². The van der Waals surface area contributed by atoms with Gasteiger partial charge in [0.1, 0.15) is 6.04 Å². The number of nitrogens with two attached hydrogens (primary N) is 1. The van der Waals surface area contributed by atoms with Gasteiger partial charge in [-0.25, -0.2) is 14.0 Å². The molecule has 5 N–H and O–H groups in total. The average molecular weight is 458 g/mol. The highest BCUT2D eigenvalue weighted by Gasteiger charge is 2.31. The first-order valence-electron chi connectivity index (χ1n) is 10.1. The minimum Gasteiger partial charge on any atom is -0.351 e. The number of hydrogen-bond donors (Lipinski definition) is 4. The Morgan fingerprint density at radius 2 is 1.84 bits per heavy atom. The zero-order chi connectivity index (χ0) is 22.8. The Morgan fingerprint density at radius 3 is 2.56 bits per heavy atom. The number of fused-ring (bicyclic) bond motifs is 1. The number of carbonyl (C=O) groups excluding carboxylic acids is 3. The Balaban J connectivity index is 1.50. The first kappa shape index (κ1) is 21.6. The standard InChI is InChI=1S/C22H21ClFN5O3/c23-14-5-3-6-15(19(14)24)26-20(30)16(10-12-8-9-12)27-22(32)28-17-11-29(21(25)31)18-7-2-1-4-13(17)18/h1-7,11-12,16H,8-10H2,(H2,25,31)(H,26,30)(H2,27,28,32)/t16-/m0/s1. The van der Waals surface area contributed by atoms with E-state index in [0.29, 0.717) is 28.9 Å². The second-order valence-electron chi connectivity index (χ2n) is 7.69. The van der Waals surface area contributed by atoms with Crippen LogP contribution in [0.5, 0.6) is 0 Å². The highest BCUT2D eigenvalue weighted by atomic mass is 35.5. The number of rotatable bonds is 6. The molecule has 1 atom stereocenters. The Morgan fingerprint density at radius 1 is 1.09 bits per heavy atom. The molecule has 1 aliphatic carbocycles. The lowest BCUT2D eigenvalue weighted by Crippen LogP contribution is -2.46. The molecule has 1 heterocycles. The zero-order valence-corrected chi connectivity index (χ0v) is 17.7. The molecule has 0 radical (unpaired) electrons. The van der Waals surface area contributed by atoms with Crippen molar-refractivity contribution in [3.05, 3.63) is 59.5 Å². The van der Waals surface area contributed by atoms with Gasteiger partial charge in [-0.2, -0.15) is 0 Å². The fourth-order valence-corrected chi connectivity index (χ4v) is 3.69. The quantitative estimate of drug-likeness (QED) is 0.442. The second kappa shape index (κ2) is 8.88. The third-order valence-electron chi connectivity index (χ3n) is 5.29. The number of urea groups is 1. The summed E-state index contributed by atoms with van der Waals surface area (Å²) in [6.45, 7) is 0. The van der Waals surface area contributed by atoms with Crippen molar-refractivity contribution in [2.45, 2.75) is 25.3 Å². The van der Waals surface area contributed by atoms with E-state index in [2.05, 4.69) is 16.0 Å². The van der Waals surface area contributed by atoms with Crippen LogP contribution in [0, 0.1) is 11.7 Å². The third-order valence-corrected chi connectivity index (χ3v) is 5.59. The molecule has 4 rings (SSSR count). The molecule has 3 aromatic rings. The Kier molecular flexibility index (Phi) is 6.00. The number of primary amides is 1. The van der Waals surface area contributed by atoms with Gasteiger partial charge in [0.25, 0.3) is 0 Å². The highest BCUT2D eigenvalue weighted by Crippen LogP contribution is 2.34. The maximum absolute atomic E-state index is 14.2. The molecule has 32 heavy (non-hydrogen) atoms. The molecule has 1 aromatic heterocycles. The topological polar surface area (TPSA) is 118 Å². The van der Waals surface area contributed by atoms with E-state index in [1.165, 1.54) is 29.0 Å². The lowest BCUT2D eigenvalue weighted by atomic mass is 10.1.